The molecule has 0 aliphatic heterocycles. The number of anilines is 1. The molecule has 0 radical (unpaired) electrons. The Kier molecular flexibility index (Phi) is 3.62. The van der Waals surface area contributed by atoms with Gasteiger partial charge in [-0.2, -0.15) is 5.26 Å². The number of nitrogens with one attached hydrogen (secondary N) is 1. The number of nitrogen functional groups attached to an aromatic ring is 1. The molecule has 0 saturated heterocycles. The van der Waals surface area contributed by atoms with Crippen molar-refractivity contribution in [1.82, 2.24) is 14.8 Å². The molecule has 0 fully saturated rings. The molecule has 1 heterocycles. The van der Waals surface area contributed by atoms with Crippen molar-refractivity contribution in [3.05, 3.63) is 34.2 Å². The summed E-state index contributed by atoms with van der Waals surface area (Å²) in [6.45, 7) is 3.80. The largest absolute Gasteiger partial charge is 0.397 e. The van der Waals surface area contributed by atoms with Crippen LogP contribution in [0.3, 0.4) is 0 Å². The fourth-order valence-corrected chi connectivity index (χ4v) is 2.69. The predicted octanol–water partition coefficient (Wildman–Crippen LogP) is 1.76. The average molecular weight is 275 g/mol. The van der Waals surface area contributed by atoms with Gasteiger partial charge in [0.25, 0.3) is 0 Å². The Balaban J connectivity index is 2.43. The van der Waals surface area contributed by atoms with Gasteiger partial charge in [0.2, 0.25) is 0 Å². The van der Waals surface area contributed by atoms with Gasteiger partial charge in [-0.05, 0) is 37.7 Å². The molecule has 0 atom stereocenters. The van der Waals surface area contributed by atoms with Crippen LogP contribution in [0.25, 0.3) is 0 Å². The first-order valence-corrected chi connectivity index (χ1v) is 6.49. The second kappa shape index (κ2) is 5.20. The van der Waals surface area contributed by atoms with Gasteiger partial charge >= 0.3 is 5.69 Å². The monoisotopic (exact) mass is 275 g/mol. The molecule has 6 nitrogen and oxygen atoms in total. The summed E-state index contributed by atoms with van der Waals surface area (Å²) in [5.41, 5.74) is 6.47. The molecule has 0 bridgehead atoms. The maximum atomic E-state index is 11.6. The minimum atomic E-state index is -0.257. The van der Waals surface area contributed by atoms with Crippen molar-refractivity contribution in [3.8, 4) is 6.07 Å². The third-order valence-electron chi connectivity index (χ3n) is 2.58. The average Bonchev–Trinajstić information content (AvgIpc) is 2.73. The number of nitrogens with zero attached hydrogens (tertiary/aromatic N) is 3. The van der Waals surface area contributed by atoms with Gasteiger partial charge in [-0.15, -0.1) is 5.10 Å². The molecule has 3 N–H and O–H groups in total. The summed E-state index contributed by atoms with van der Waals surface area (Å²) < 4.78 is 1.54. The number of nitriles is 1. The van der Waals surface area contributed by atoms with Gasteiger partial charge in [0.1, 0.15) is 6.07 Å². The van der Waals surface area contributed by atoms with Crippen LogP contribution in [0.5, 0.6) is 0 Å². The number of nitrogens with two attached hydrogens (primary N) is 1. The lowest BCUT2D eigenvalue weighted by molar-refractivity contribution is 0.534. The molecule has 0 spiro atoms. The summed E-state index contributed by atoms with van der Waals surface area (Å²) in [5, 5.41) is 15.9. The van der Waals surface area contributed by atoms with E-state index in [4.69, 9.17) is 11.0 Å². The van der Waals surface area contributed by atoms with Crippen LogP contribution in [0, 0.1) is 11.3 Å². The lowest BCUT2D eigenvalue weighted by atomic mass is 10.2. The number of benzene rings is 1. The van der Waals surface area contributed by atoms with E-state index in [0.717, 1.165) is 0 Å². The molecule has 0 aliphatic carbocycles. The van der Waals surface area contributed by atoms with E-state index in [0.29, 0.717) is 21.3 Å². The minimum Gasteiger partial charge on any atom is -0.397 e. The number of aromatic amines is 1. The number of aromatic nitrogens is 3. The highest BCUT2D eigenvalue weighted by Crippen LogP contribution is 2.32. The van der Waals surface area contributed by atoms with Crippen molar-refractivity contribution in [2.24, 2.45) is 0 Å². The Hall–Kier alpha value is -2.20. The molecule has 2 rings (SSSR count). The summed E-state index contributed by atoms with van der Waals surface area (Å²) in [6.07, 6.45) is 0. The van der Waals surface area contributed by atoms with E-state index >= 15 is 0 Å². The van der Waals surface area contributed by atoms with Crippen molar-refractivity contribution >= 4 is 17.4 Å². The summed E-state index contributed by atoms with van der Waals surface area (Å²) in [5.74, 6) is 0. The lowest BCUT2D eigenvalue weighted by Gasteiger charge is -2.10. The van der Waals surface area contributed by atoms with E-state index in [1.165, 1.54) is 11.8 Å². The van der Waals surface area contributed by atoms with Crippen LogP contribution in [0.15, 0.2) is 33.0 Å². The van der Waals surface area contributed by atoms with E-state index in [1.54, 1.807) is 22.8 Å². The maximum Gasteiger partial charge on any atom is 0.344 e. The Bertz CT molecular complexity index is 695. The van der Waals surface area contributed by atoms with E-state index in [-0.39, 0.29) is 11.7 Å². The van der Waals surface area contributed by atoms with Crippen molar-refractivity contribution in [2.75, 3.05) is 5.73 Å². The Morgan fingerprint density at radius 1 is 1.53 bits per heavy atom. The fourth-order valence-electron chi connectivity index (χ4n) is 1.65. The highest BCUT2D eigenvalue weighted by Gasteiger charge is 2.14. The van der Waals surface area contributed by atoms with Gasteiger partial charge in [0.15, 0.2) is 5.16 Å². The number of para-hydroxylation sites is 1. The van der Waals surface area contributed by atoms with Crippen molar-refractivity contribution < 1.29 is 0 Å². The second-order valence-electron chi connectivity index (χ2n) is 4.21. The standard InChI is InChI=1S/C12H13N5OS/c1-7(2)17-11(18)15-16-12(17)19-9-5-3-4-8(6-13)10(9)14/h3-5,7H,14H2,1-2H3,(H,15,18). The topological polar surface area (TPSA) is 100 Å². The smallest absolute Gasteiger partial charge is 0.344 e. The lowest BCUT2D eigenvalue weighted by Crippen LogP contribution is -2.19. The Labute approximate surface area is 114 Å². The zero-order chi connectivity index (χ0) is 14.0. The quantitative estimate of drug-likeness (QED) is 0.831. The van der Waals surface area contributed by atoms with Crippen LogP contribution in [-0.2, 0) is 0 Å². The number of rotatable bonds is 3. The van der Waals surface area contributed by atoms with Gasteiger partial charge in [-0.25, -0.2) is 9.89 Å². The van der Waals surface area contributed by atoms with Crippen molar-refractivity contribution in [1.29, 1.82) is 5.26 Å². The van der Waals surface area contributed by atoms with Crippen LogP contribution in [0.4, 0.5) is 5.69 Å². The van der Waals surface area contributed by atoms with Crippen LogP contribution >= 0.6 is 11.8 Å². The number of H-pyrrole nitrogens is 1. The van der Waals surface area contributed by atoms with Gasteiger partial charge in [-0.1, -0.05) is 6.07 Å². The first-order chi connectivity index (χ1) is 9.04. The summed E-state index contributed by atoms with van der Waals surface area (Å²) >= 11 is 1.26. The molecule has 0 saturated carbocycles. The molecule has 98 valence electrons. The SMILES string of the molecule is CC(C)n1c(Sc2cccc(C#N)c2N)n[nH]c1=O. The predicted molar refractivity (Wildman–Crippen MR) is 72.9 cm³/mol. The summed E-state index contributed by atoms with van der Waals surface area (Å²) in [6, 6.07) is 7.22. The molecule has 0 unspecified atom stereocenters. The third kappa shape index (κ3) is 2.48. The third-order valence-corrected chi connectivity index (χ3v) is 3.62. The highest BCUT2D eigenvalue weighted by molar-refractivity contribution is 7.99. The zero-order valence-electron chi connectivity index (χ0n) is 10.5. The number of hydrogen-bond acceptors (Lipinski definition) is 5. The van der Waals surface area contributed by atoms with Crippen LogP contribution < -0.4 is 11.4 Å². The molecule has 0 aliphatic rings. The Morgan fingerprint density at radius 3 is 2.89 bits per heavy atom. The highest BCUT2D eigenvalue weighted by atomic mass is 32.2. The molecule has 19 heavy (non-hydrogen) atoms. The molecular formula is C12H13N5OS. The van der Waals surface area contributed by atoms with E-state index in [1.807, 2.05) is 19.9 Å². The fraction of sp³-hybridized carbons (Fsp3) is 0.250. The van der Waals surface area contributed by atoms with Gasteiger partial charge in [0, 0.05) is 10.9 Å². The van der Waals surface area contributed by atoms with Crippen LogP contribution in [0.2, 0.25) is 0 Å². The normalized spacial score (nSPS) is 10.6. The minimum absolute atomic E-state index is 0.00544. The Morgan fingerprint density at radius 2 is 2.26 bits per heavy atom. The molecule has 1 aromatic carbocycles. The zero-order valence-corrected chi connectivity index (χ0v) is 11.4. The summed E-state index contributed by atoms with van der Waals surface area (Å²) in [7, 11) is 0. The first-order valence-electron chi connectivity index (χ1n) is 5.68. The number of hydrogen-bond donors (Lipinski definition) is 2. The molecule has 1 aromatic heterocycles. The van der Waals surface area contributed by atoms with Crippen LogP contribution in [-0.4, -0.2) is 14.8 Å². The van der Waals surface area contributed by atoms with Gasteiger partial charge in [0.05, 0.1) is 11.3 Å². The van der Waals surface area contributed by atoms with Gasteiger partial charge < -0.3 is 5.73 Å². The molecule has 0 amide bonds. The van der Waals surface area contributed by atoms with Crippen molar-refractivity contribution in [2.45, 2.75) is 29.9 Å². The van der Waals surface area contributed by atoms with E-state index in [9.17, 15) is 4.79 Å². The van der Waals surface area contributed by atoms with Gasteiger partial charge in [-0.3, -0.25) is 4.57 Å². The van der Waals surface area contributed by atoms with Crippen molar-refractivity contribution in [3.63, 3.8) is 0 Å². The van der Waals surface area contributed by atoms with E-state index < -0.39 is 0 Å². The second-order valence-corrected chi connectivity index (χ2v) is 5.22. The summed E-state index contributed by atoms with van der Waals surface area (Å²) in [4.78, 5) is 12.3. The van der Waals surface area contributed by atoms with E-state index in [2.05, 4.69) is 10.2 Å². The molecular weight excluding hydrogens is 262 g/mol. The molecule has 2 aromatic rings. The van der Waals surface area contributed by atoms with Crippen LogP contribution in [0.1, 0.15) is 25.5 Å². The maximum absolute atomic E-state index is 11.6. The first kappa shape index (κ1) is 13.2. The molecule has 7 heteroatoms.